The molecule has 0 unspecified atom stereocenters. The highest BCUT2D eigenvalue weighted by Crippen LogP contribution is 2.31. The zero-order chi connectivity index (χ0) is 26.0. The number of carbonyl (C=O) groups is 1. The molecule has 0 saturated carbocycles. The second-order valence-corrected chi connectivity index (χ2v) is 10.6. The average Bonchev–Trinajstić information content (AvgIpc) is 2.73. The van der Waals surface area contributed by atoms with E-state index in [2.05, 4.69) is 5.32 Å². The van der Waals surface area contributed by atoms with Gasteiger partial charge in [-0.25, -0.2) is 8.42 Å². The minimum atomic E-state index is -4.58. The van der Waals surface area contributed by atoms with Crippen molar-refractivity contribution >= 4 is 33.2 Å². The van der Waals surface area contributed by atoms with Gasteiger partial charge in [-0.2, -0.15) is 17.5 Å². The highest BCUT2D eigenvalue weighted by molar-refractivity contribution is 7.89. The number of nitrogens with zero attached hydrogens (tertiary/aromatic N) is 1. The maximum atomic E-state index is 13.7. The number of anilines is 1. The summed E-state index contributed by atoms with van der Waals surface area (Å²) in [5.74, 6) is -0.774. The number of rotatable bonds is 7. The molecular weight excluding hydrogens is 501 g/mol. The number of hydrogen-bond acceptors (Lipinski definition) is 3. The number of sulfonamides is 1. The molecule has 3 aromatic carbocycles. The minimum absolute atomic E-state index is 0.0867. The molecule has 10 heteroatoms. The van der Waals surface area contributed by atoms with Gasteiger partial charge in [0.15, 0.2) is 0 Å². The van der Waals surface area contributed by atoms with Crippen molar-refractivity contribution in [3.8, 4) is 0 Å². The van der Waals surface area contributed by atoms with Gasteiger partial charge in [0.25, 0.3) is 0 Å². The Morgan fingerprint density at radius 1 is 0.971 bits per heavy atom. The van der Waals surface area contributed by atoms with Crippen LogP contribution in [0.4, 0.5) is 18.9 Å². The van der Waals surface area contributed by atoms with Crippen LogP contribution in [0.1, 0.15) is 27.8 Å². The number of nitrogens with one attached hydrogen (secondary N) is 1. The zero-order valence-electron chi connectivity index (χ0n) is 19.3. The predicted molar refractivity (Wildman–Crippen MR) is 130 cm³/mol. The van der Waals surface area contributed by atoms with Gasteiger partial charge in [0.05, 0.1) is 17.0 Å². The van der Waals surface area contributed by atoms with Gasteiger partial charge in [0.2, 0.25) is 15.9 Å². The Morgan fingerprint density at radius 2 is 1.57 bits per heavy atom. The van der Waals surface area contributed by atoms with Crippen LogP contribution in [0.2, 0.25) is 5.02 Å². The van der Waals surface area contributed by atoms with Crippen LogP contribution < -0.4 is 5.32 Å². The Morgan fingerprint density at radius 3 is 2.14 bits per heavy atom. The van der Waals surface area contributed by atoms with Crippen LogP contribution in [0.25, 0.3) is 0 Å². The van der Waals surface area contributed by atoms with Crippen molar-refractivity contribution in [1.29, 1.82) is 0 Å². The molecule has 0 heterocycles. The molecule has 0 aliphatic rings. The van der Waals surface area contributed by atoms with Gasteiger partial charge in [-0.1, -0.05) is 47.5 Å². The second-order valence-electron chi connectivity index (χ2n) is 8.25. The lowest BCUT2D eigenvalue weighted by molar-refractivity contribution is -0.137. The number of hydrogen-bond donors (Lipinski definition) is 1. The molecule has 0 aliphatic carbocycles. The fourth-order valence-corrected chi connectivity index (χ4v) is 5.78. The van der Waals surface area contributed by atoms with E-state index in [9.17, 15) is 26.4 Å². The van der Waals surface area contributed by atoms with Crippen LogP contribution in [0.15, 0.2) is 65.6 Å². The summed E-state index contributed by atoms with van der Waals surface area (Å²) in [6.45, 7) is 4.47. The molecule has 0 bridgehead atoms. The van der Waals surface area contributed by atoms with Crippen molar-refractivity contribution in [2.45, 2.75) is 38.4 Å². The fourth-order valence-electron chi connectivity index (χ4n) is 3.86. The van der Waals surface area contributed by atoms with E-state index in [4.69, 9.17) is 11.6 Å². The molecule has 0 fully saturated rings. The third kappa shape index (κ3) is 6.62. The number of alkyl halides is 3. The lowest BCUT2D eigenvalue weighted by Crippen LogP contribution is -2.38. The van der Waals surface area contributed by atoms with E-state index >= 15 is 0 Å². The molecule has 0 spiro atoms. The number of benzene rings is 3. The predicted octanol–water partition coefficient (Wildman–Crippen LogP) is 6.11. The molecule has 5 nitrogen and oxygen atoms in total. The molecule has 3 rings (SSSR count). The van der Waals surface area contributed by atoms with E-state index in [1.165, 1.54) is 12.1 Å². The molecule has 0 atom stereocenters. The Balaban J connectivity index is 1.95. The second kappa shape index (κ2) is 10.4. The molecule has 186 valence electrons. The normalized spacial score (nSPS) is 12.1. The number of carbonyl (C=O) groups excluding carboxylic acids is 1. The average molecular weight is 525 g/mol. The molecule has 0 aliphatic heterocycles. The van der Waals surface area contributed by atoms with Gasteiger partial charge in [0.1, 0.15) is 0 Å². The first kappa shape index (κ1) is 26.7. The van der Waals surface area contributed by atoms with Crippen LogP contribution in [-0.2, 0) is 27.5 Å². The Bertz CT molecular complexity index is 1320. The highest BCUT2D eigenvalue weighted by atomic mass is 35.5. The summed E-state index contributed by atoms with van der Waals surface area (Å²) in [6, 6.07) is 14.1. The van der Waals surface area contributed by atoms with E-state index in [0.717, 1.165) is 22.0 Å². The Hall–Kier alpha value is -2.88. The third-order valence-electron chi connectivity index (χ3n) is 5.27. The Labute approximate surface area is 207 Å². The van der Waals surface area contributed by atoms with Crippen molar-refractivity contribution in [2.24, 2.45) is 0 Å². The largest absolute Gasteiger partial charge is 0.416 e. The summed E-state index contributed by atoms with van der Waals surface area (Å²) in [5.41, 5.74) is 1.53. The molecule has 35 heavy (non-hydrogen) atoms. The van der Waals surface area contributed by atoms with Crippen molar-refractivity contribution in [2.75, 3.05) is 11.9 Å². The van der Waals surface area contributed by atoms with Crippen LogP contribution in [-0.4, -0.2) is 25.2 Å². The lowest BCUT2D eigenvalue weighted by atomic mass is 10.1. The van der Waals surface area contributed by atoms with Gasteiger partial charge in [-0.3, -0.25) is 4.79 Å². The van der Waals surface area contributed by atoms with Crippen molar-refractivity contribution < 1.29 is 26.4 Å². The third-order valence-corrected chi connectivity index (χ3v) is 7.62. The van der Waals surface area contributed by atoms with Gasteiger partial charge in [0, 0.05) is 17.3 Å². The molecule has 3 aromatic rings. The van der Waals surface area contributed by atoms with Gasteiger partial charge in [-0.05, 0) is 67.8 Å². The summed E-state index contributed by atoms with van der Waals surface area (Å²) in [6.07, 6.45) is -4.58. The number of aryl methyl sites for hydroxylation is 3. The van der Waals surface area contributed by atoms with Crippen LogP contribution in [0, 0.1) is 20.8 Å². The summed E-state index contributed by atoms with van der Waals surface area (Å²) in [4.78, 5) is 12.9. The number of halogens is 4. The molecule has 0 aromatic heterocycles. The van der Waals surface area contributed by atoms with E-state index < -0.39 is 34.2 Å². The maximum Gasteiger partial charge on any atom is 0.416 e. The van der Waals surface area contributed by atoms with Crippen LogP contribution in [0.5, 0.6) is 0 Å². The first-order chi connectivity index (χ1) is 16.3. The molecule has 0 radical (unpaired) electrons. The summed E-state index contributed by atoms with van der Waals surface area (Å²) in [5, 5.41) is 2.84. The van der Waals surface area contributed by atoms with E-state index in [1.807, 2.05) is 6.92 Å². The summed E-state index contributed by atoms with van der Waals surface area (Å²) >= 11 is 5.93. The molecular formula is C25H24ClF3N2O3S. The van der Waals surface area contributed by atoms with E-state index in [-0.39, 0.29) is 17.1 Å². The molecule has 0 saturated heterocycles. The summed E-state index contributed by atoms with van der Waals surface area (Å²) < 4.78 is 67.5. The summed E-state index contributed by atoms with van der Waals surface area (Å²) in [7, 11) is -4.15. The van der Waals surface area contributed by atoms with Gasteiger partial charge >= 0.3 is 6.18 Å². The van der Waals surface area contributed by atoms with Crippen molar-refractivity contribution in [3.63, 3.8) is 0 Å². The minimum Gasteiger partial charge on any atom is -0.325 e. The topological polar surface area (TPSA) is 66.5 Å². The quantitative estimate of drug-likeness (QED) is 0.405. The first-order valence-corrected chi connectivity index (χ1v) is 12.4. The van der Waals surface area contributed by atoms with Crippen LogP contribution in [0.3, 0.4) is 0 Å². The maximum absolute atomic E-state index is 13.7. The smallest absolute Gasteiger partial charge is 0.325 e. The van der Waals surface area contributed by atoms with Gasteiger partial charge < -0.3 is 5.32 Å². The van der Waals surface area contributed by atoms with Crippen molar-refractivity contribution in [3.05, 3.63) is 93.5 Å². The number of amides is 1. The van der Waals surface area contributed by atoms with Crippen molar-refractivity contribution in [1.82, 2.24) is 4.31 Å². The molecule has 1 N–H and O–H groups in total. The Kier molecular flexibility index (Phi) is 7.93. The zero-order valence-corrected chi connectivity index (χ0v) is 20.9. The lowest BCUT2D eigenvalue weighted by Gasteiger charge is -2.24. The van der Waals surface area contributed by atoms with Crippen LogP contribution >= 0.6 is 11.6 Å². The fraction of sp³-hybridized carbons (Fsp3) is 0.240. The van der Waals surface area contributed by atoms with Gasteiger partial charge in [-0.15, -0.1) is 0 Å². The highest BCUT2D eigenvalue weighted by Gasteiger charge is 2.32. The van der Waals surface area contributed by atoms with E-state index in [1.54, 1.807) is 50.2 Å². The molecule has 1 amide bonds. The van der Waals surface area contributed by atoms with E-state index in [0.29, 0.717) is 21.7 Å². The monoisotopic (exact) mass is 524 g/mol. The first-order valence-electron chi connectivity index (χ1n) is 10.6. The SMILES string of the molecule is Cc1cc(C)c(S(=O)(=O)N(CC(=O)Nc2cccc(C(F)(F)F)c2)Cc2ccc(Cl)cc2)c(C)c1. The standard InChI is InChI=1S/C25H24ClF3N2O3S/c1-16-11-17(2)24(18(3)12-16)35(33,34)31(14-19-7-9-21(26)10-8-19)15-23(32)30-22-6-4-5-20(13-22)25(27,28)29/h4-13H,14-15H2,1-3H3,(H,30,32).